The summed E-state index contributed by atoms with van der Waals surface area (Å²) in [6.07, 6.45) is 4.51. The number of thioether (sulfide) groups is 1. The number of sulfonamides is 1. The number of nitrogens with zero attached hydrogens (tertiary/aromatic N) is 1. The fraction of sp³-hybridized carbons (Fsp3) is 0.611. The fourth-order valence-corrected chi connectivity index (χ4v) is 4.70. The lowest BCUT2D eigenvalue weighted by atomic mass is 9.87. The van der Waals surface area contributed by atoms with Crippen LogP contribution in [0.4, 0.5) is 0 Å². The summed E-state index contributed by atoms with van der Waals surface area (Å²) in [5.41, 5.74) is 0.909. The average molecular weight is 385 g/mol. The smallest absolute Gasteiger partial charge is 0.242 e. The van der Waals surface area contributed by atoms with Gasteiger partial charge in [-0.2, -0.15) is 0 Å². The molecule has 0 spiro atoms. The van der Waals surface area contributed by atoms with Crippen molar-refractivity contribution in [3.8, 4) is 0 Å². The van der Waals surface area contributed by atoms with E-state index in [0.29, 0.717) is 17.5 Å². The van der Waals surface area contributed by atoms with Crippen LogP contribution in [0.25, 0.3) is 0 Å². The largest absolute Gasteiger partial charge is 0.353 e. The Bertz CT molecular complexity index is 681. The molecule has 0 bridgehead atoms. The average Bonchev–Trinajstić information content (AvgIpc) is 2.57. The predicted molar refractivity (Wildman–Crippen MR) is 103 cm³/mol. The predicted octanol–water partition coefficient (Wildman–Crippen LogP) is 2.87. The summed E-state index contributed by atoms with van der Waals surface area (Å²) in [4.78, 5) is 12.4. The van der Waals surface area contributed by atoms with E-state index >= 15 is 0 Å². The van der Waals surface area contributed by atoms with Crippen molar-refractivity contribution in [2.24, 2.45) is 5.92 Å². The van der Waals surface area contributed by atoms with Crippen LogP contribution in [0.1, 0.15) is 38.2 Å². The molecule has 0 saturated heterocycles. The number of amides is 1. The molecule has 0 unspecified atom stereocenters. The zero-order chi connectivity index (χ0) is 18.4. The van der Waals surface area contributed by atoms with Gasteiger partial charge in [-0.3, -0.25) is 4.79 Å². The van der Waals surface area contributed by atoms with E-state index in [-0.39, 0.29) is 10.8 Å². The quantitative estimate of drug-likeness (QED) is 0.785. The summed E-state index contributed by atoms with van der Waals surface area (Å²) < 4.78 is 25.5. The van der Waals surface area contributed by atoms with Crippen molar-refractivity contribution in [3.05, 3.63) is 29.8 Å². The van der Waals surface area contributed by atoms with Gasteiger partial charge in [-0.15, -0.1) is 11.8 Å². The van der Waals surface area contributed by atoms with Gasteiger partial charge in [0.15, 0.2) is 0 Å². The maximum absolute atomic E-state index is 12.2. The molecule has 1 aromatic rings. The molecular weight excluding hydrogens is 356 g/mol. The highest BCUT2D eigenvalue weighted by molar-refractivity contribution is 7.99. The van der Waals surface area contributed by atoms with Crippen molar-refractivity contribution in [2.45, 2.75) is 49.3 Å². The van der Waals surface area contributed by atoms with Gasteiger partial charge >= 0.3 is 0 Å². The first-order chi connectivity index (χ1) is 11.8. The molecule has 2 rings (SSSR count). The summed E-state index contributed by atoms with van der Waals surface area (Å²) in [6.45, 7) is 2.26. The number of rotatable bonds is 7. The first kappa shape index (κ1) is 20.3. The van der Waals surface area contributed by atoms with Crippen molar-refractivity contribution >= 4 is 27.7 Å². The SMILES string of the molecule is CC1CCC(NC(=O)CSCc2cccc(S(=O)(=O)N(C)C)c2)CC1. The van der Waals surface area contributed by atoms with E-state index < -0.39 is 10.0 Å². The van der Waals surface area contributed by atoms with Gasteiger partial charge in [0, 0.05) is 25.9 Å². The second-order valence-electron chi connectivity index (χ2n) is 6.95. The third-order valence-corrected chi connectivity index (χ3v) is 7.37. The molecule has 1 saturated carbocycles. The molecule has 25 heavy (non-hydrogen) atoms. The van der Waals surface area contributed by atoms with Crippen molar-refractivity contribution in [1.29, 1.82) is 0 Å². The van der Waals surface area contributed by atoms with Gasteiger partial charge in [0.25, 0.3) is 0 Å². The Morgan fingerprint density at radius 1 is 1.24 bits per heavy atom. The van der Waals surface area contributed by atoms with E-state index in [1.165, 1.54) is 43.0 Å². The van der Waals surface area contributed by atoms with Crippen LogP contribution >= 0.6 is 11.8 Å². The number of hydrogen-bond donors (Lipinski definition) is 1. The van der Waals surface area contributed by atoms with E-state index in [1.807, 2.05) is 6.07 Å². The number of nitrogens with one attached hydrogen (secondary N) is 1. The van der Waals surface area contributed by atoms with Crippen LogP contribution in [0.2, 0.25) is 0 Å². The maximum Gasteiger partial charge on any atom is 0.242 e. The summed E-state index contributed by atoms with van der Waals surface area (Å²) >= 11 is 1.51. The molecule has 0 aromatic heterocycles. The van der Waals surface area contributed by atoms with Crippen LogP contribution in [0.15, 0.2) is 29.2 Å². The normalized spacial score (nSPS) is 21.3. The van der Waals surface area contributed by atoms with Gasteiger partial charge in [0.1, 0.15) is 0 Å². The third kappa shape index (κ3) is 6.01. The van der Waals surface area contributed by atoms with Gasteiger partial charge in [0.05, 0.1) is 10.6 Å². The van der Waals surface area contributed by atoms with E-state index in [4.69, 9.17) is 0 Å². The number of carbonyl (C=O) groups is 1. The minimum absolute atomic E-state index is 0.0709. The summed E-state index contributed by atoms with van der Waals surface area (Å²) in [6, 6.07) is 7.23. The topological polar surface area (TPSA) is 66.5 Å². The number of benzene rings is 1. The molecule has 0 heterocycles. The van der Waals surface area contributed by atoms with Crippen molar-refractivity contribution in [2.75, 3.05) is 19.8 Å². The molecule has 5 nitrogen and oxygen atoms in total. The van der Waals surface area contributed by atoms with Crippen LogP contribution in [0.3, 0.4) is 0 Å². The summed E-state index contributed by atoms with van der Waals surface area (Å²) in [5, 5.41) is 3.11. The molecule has 1 aliphatic rings. The molecule has 0 radical (unpaired) electrons. The molecule has 1 fully saturated rings. The Labute approximate surface area is 155 Å². The minimum atomic E-state index is -3.42. The van der Waals surface area contributed by atoms with Crippen molar-refractivity contribution < 1.29 is 13.2 Å². The van der Waals surface area contributed by atoms with Crippen LogP contribution in [0, 0.1) is 5.92 Å². The van der Waals surface area contributed by atoms with E-state index in [9.17, 15) is 13.2 Å². The molecule has 1 aromatic carbocycles. The third-order valence-electron chi connectivity index (χ3n) is 4.56. The van der Waals surface area contributed by atoms with Gasteiger partial charge in [-0.1, -0.05) is 19.1 Å². The summed E-state index contributed by atoms with van der Waals surface area (Å²) in [7, 11) is -0.378. The van der Waals surface area contributed by atoms with Gasteiger partial charge in [-0.25, -0.2) is 12.7 Å². The lowest BCUT2D eigenvalue weighted by Crippen LogP contribution is -2.38. The van der Waals surface area contributed by atoms with Crippen LogP contribution in [-0.2, 0) is 20.6 Å². The van der Waals surface area contributed by atoms with Gasteiger partial charge in [-0.05, 0) is 49.3 Å². The summed E-state index contributed by atoms with van der Waals surface area (Å²) in [5.74, 6) is 1.86. The lowest BCUT2D eigenvalue weighted by Gasteiger charge is -2.26. The highest BCUT2D eigenvalue weighted by Crippen LogP contribution is 2.23. The molecule has 1 aliphatic carbocycles. The van der Waals surface area contributed by atoms with Gasteiger partial charge < -0.3 is 5.32 Å². The Balaban J connectivity index is 1.81. The Kier molecular flexibility index (Phi) is 7.34. The molecule has 1 N–H and O–H groups in total. The lowest BCUT2D eigenvalue weighted by molar-refractivity contribution is -0.119. The molecule has 7 heteroatoms. The Morgan fingerprint density at radius 2 is 1.92 bits per heavy atom. The Hall–Kier alpha value is -1.05. The van der Waals surface area contributed by atoms with Crippen molar-refractivity contribution in [1.82, 2.24) is 9.62 Å². The zero-order valence-corrected chi connectivity index (χ0v) is 16.8. The minimum Gasteiger partial charge on any atom is -0.353 e. The molecule has 0 aliphatic heterocycles. The van der Waals surface area contributed by atoms with Crippen molar-refractivity contribution in [3.63, 3.8) is 0 Å². The second kappa shape index (κ2) is 9.05. The standard InChI is InChI=1S/C18H28N2O3S2/c1-14-7-9-16(10-8-14)19-18(21)13-24-12-15-5-4-6-17(11-15)25(22,23)20(2)3/h4-6,11,14,16H,7-10,12-13H2,1-3H3,(H,19,21). The molecule has 1 amide bonds. The number of carbonyl (C=O) groups excluding carboxylic acids is 1. The molecule has 0 atom stereocenters. The monoisotopic (exact) mass is 384 g/mol. The van der Waals surface area contributed by atoms with Crippen LogP contribution in [-0.4, -0.2) is 44.5 Å². The first-order valence-corrected chi connectivity index (χ1v) is 11.3. The van der Waals surface area contributed by atoms with Crippen LogP contribution in [0.5, 0.6) is 0 Å². The maximum atomic E-state index is 12.2. The highest BCUT2D eigenvalue weighted by Gasteiger charge is 2.20. The molecular formula is C18H28N2O3S2. The van der Waals surface area contributed by atoms with Gasteiger partial charge in [0.2, 0.25) is 15.9 Å². The number of hydrogen-bond acceptors (Lipinski definition) is 4. The fourth-order valence-electron chi connectivity index (χ4n) is 2.94. The molecule has 140 valence electrons. The van der Waals surface area contributed by atoms with Crippen LogP contribution < -0.4 is 5.32 Å². The first-order valence-electron chi connectivity index (χ1n) is 8.67. The van der Waals surface area contributed by atoms with E-state index in [1.54, 1.807) is 18.2 Å². The van der Waals surface area contributed by atoms with E-state index in [0.717, 1.165) is 24.3 Å². The van der Waals surface area contributed by atoms with E-state index in [2.05, 4.69) is 12.2 Å². The highest BCUT2D eigenvalue weighted by atomic mass is 32.2. The Morgan fingerprint density at radius 3 is 2.56 bits per heavy atom. The zero-order valence-electron chi connectivity index (χ0n) is 15.2. The second-order valence-corrected chi connectivity index (χ2v) is 10.1.